The standard InChI is InChI=1S/C23H26N2O6S/c1-16-7-9-20(10-8-16)24-21(26)15-32(30,31)14-17-4-2-5-18(12-17)22(27)25-11-3-6-19(13-25)23(28)29/h2,4-5,7-10,12,19H,3,6,11,13-15H2,1H3,(H,24,26)(H,28,29). The van der Waals surface area contributed by atoms with Crippen LogP contribution in [0.4, 0.5) is 5.69 Å². The molecule has 2 aromatic rings. The molecule has 1 saturated heterocycles. The Morgan fingerprint density at radius 2 is 1.84 bits per heavy atom. The second-order valence-corrected chi connectivity index (χ2v) is 10.1. The van der Waals surface area contributed by atoms with E-state index in [9.17, 15) is 27.9 Å². The van der Waals surface area contributed by atoms with Crippen molar-refractivity contribution >= 4 is 33.3 Å². The Morgan fingerprint density at radius 1 is 1.12 bits per heavy atom. The Balaban J connectivity index is 1.64. The largest absolute Gasteiger partial charge is 0.481 e. The van der Waals surface area contributed by atoms with Crippen molar-refractivity contribution in [1.29, 1.82) is 0 Å². The van der Waals surface area contributed by atoms with E-state index in [4.69, 9.17) is 0 Å². The fourth-order valence-corrected chi connectivity index (χ4v) is 4.94. The summed E-state index contributed by atoms with van der Waals surface area (Å²) in [6, 6.07) is 13.3. The number of carboxylic acid groups (broad SMARTS) is 1. The molecule has 2 aromatic carbocycles. The second-order valence-electron chi connectivity index (χ2n) is 8.08. The summed E-state index contributed by atoms with van der Waals surface area (Å²) in [4.78, 5) is 37.7. The predicted molar refractivity (Wildman–Crippen MR) is 120 cm³/mol. The van der Waals surface area contributed by atoms with Crippen LogP contribution in [0, 0.1) is 12.8 Å². The molecule has 2 N–H and O–H groups in total. The summed E-state index contributed by atoms with van der Waals surface area (Å²) in [6.07, 6.45) is 1.13. The minimum absolute atomic E-state index is 0.135. The summed E-state index contributed by atoms with van der Waals surface area (Å²) in [6.45, 7) is 2.50. The van der Waals surface area contributed by atoms with Gasteiger partial charge >= 0.3 is 5.97 Å². The van der Waals surface area contributed by atoms with Crippen molar-refractivity contribution in [2.24, 2.45) is 5.92 Å². The number of hydrogen-bond acceptors (Lipinski definition) is 5. The van der Waals surface area contributed by atoms with Crippen LogP contribution in [-0.2, 0) is 25.2 Å². The Bertz CT molecular complexity index is 1110. The molecule has 0 radical (unpaired) electrons. The number of benzene rings is 2. The highest BCUT2D eigenvalue weighted by molar-refractivity contribution is 7.91. The molecule has 8 nitrogen and oxygen atoms in total. The van der Waals surface area contributed by atoms with Gasteiger partial charge in [-0.25, -0.2) is 8.42 Å². The maximum absolute atomic E-state index is 12.8. The normalized spacial score (nSPS) is 16.4. The maximum atomic E-state index is 12.8. The fraction of sp³-hybridized carbons (Fsp3) is 0.348. The van der Waals surface area contributed by atoms with Crippen molar-refractivity contribution in [2.45, 2.75) is 25.5 Å². The van der Waals surface area contributed by atoms with Crippen LogP contribution in [-0.4, -0.2) is 55.1 Å². The lowest BCUT2D eigenvalue weighted by Gasteiger charge is -2.30. The molecule has 3 rings (SSSR count). The lowest BCUT2D eigenvalue weighted by Crippen LogP contribution is -2.42. The SMILES string of the molecule is Cc1ccc(NC(=O)CS(=O)(=O)Cc2cccc(C(=O)N3CCCC(C(=O)O)C3)c2)cc1. The zero-order valence-corrected chi connectivity index (χ0v) is 18.6. The van der Waals surface area contributed by atoms with Crippen LogP contribution in [0.3, 0.4) is 0 Å². The van der Waals surface area contributed by atoms with E-state index in [2.05, 4.69) is 5.32 Å². The molecule has 0 bridgehead atoms. The van der Waals surface area contributed by atoms with Gasteiger partial charge in [-0.15, -0.1) is 0 Å². The number of anilines is 1. The third-order valence-corrected chi connectivity index (χ3v) is 6.78. The Labute approximate surface area is 187 Å². The Morgan fingerprint density at radius 3 is 2.53 bits per heavy atom. The van der Waals surface area contributed by atoms with Gasteiger partial charge in [-0.1, -0.05) is 29.8 Å². The highest BCUT2D eigenvalue weighted by Gasteiger charge is 2.29. The molecule has 9 heteroatoms. The van der Waals surface area contributed by atoms with Crippen LogP contribution in [0.1, 0.15) is 34.3 Å². The van der Waals surface area contributed by atoms with Gasteiger partial charge in [-0.2, -0.15) is 0 Å². The van der Waals surface area contributed by atoms with Gasteiger partial charge in [0.25, 0.3) is 5.91 Å². The van der Waals surface area contributed by atoms with Crippen molar-refractivity contribution in [3.05, 3.63) is 65.2 Å². The third kappa shape index (κ3) is 6.40. The summed E-state index contributed by atoms with van der Waals surface area (Å²) >= 11 is 0. The van der Waals surface area contributed by atoms with Gasteiger partial charge < -0.3 is 15.3 Å². The third-order valence-electron chi connectivity index (χ3n) is 5.30. The number of likely N-dealkylation sites (tertiary alicyclic amines) is 1. The zero-order chi connectivity index (χ0) is 23.3. The number of aryl methyl sites for hydroxylation is 1. The molecule has 2 amide bonds. The molecule has 1 atom stereocenters. The maximum Gasteiger partial charge on any atom is 0.308 e. The van der Waals surface area contributed by atoms with Crippen LogP contribution >= 0.6 is 0 Å². The molecule has 32 heavy (non-hydrogen) atoms. The van der Waals surface area contributed by atoms with Crippen LogP contribution in [0.5, 0.6) is 0 Å². The van der Waals surface area contributed by atoms with E-state index in [1.165, 1.54) is 11.0 Å². The molecule has 0 aromatic heterocycles. The second kappa shape index (κ2) is 9.95. The van der Waals surface area contributed by atoms with Gasteiger partial charge in [0, 0.05) is 24.3 Å². The quantitative estimate of drug-likeness (QED) is 0.658. The number of hydrogen-bond donors (Lipinski definition) is 2. The number of carboxylic acids is 1. The smallest absolute Gasteiger partial charge is 0.308 e. The molecular formula is C23H26N2O6S. The van der Waals surface area contributed by atoms with Gasteiger partial charge in [0.15, 0.2) is 9.84 Å². The number of nitrogens with zero attached hydrogens (tertiary/aromatic N) is 1. The van der Waals surface area contributed by atoms with Gasteiger partial charge in [0.05, 0.1) is 11.7 Å². The lowest BCUT2D eigenvalue weighted by atomic mass is 9.97. The van der Waals surface area contributed by atoms with E-state index >= 15 is 0 Å². The molecule has 170 valence electrons. The average Bonchev–Trinajstić information content (AvgIpc) is 2.74. The number of rotatable bonds is 7. The molecule has 1 fully saturated rings. The van der Waals surface area contributed by atoms with Crippen molar-refractivity contribution < 1.29 is 27.9 Å². The topological polar surface area (TPSA) is 121 Å². The van der Waals surface area contributed by atoms with Gasteiger partial charge in [0.2, 0.25) is 5.91 Å². The summed E-state index contributed by atoms with van der Waals surface area (Å²) in [5.74, 6) is -3.53. The van der Waals surface area contributed by atoms with E-state index in [0.717, 1.165) is 5.56 Å². The minimum Gasteiger partial charge on any atom is -0.481 e. The van der Waals surface area contributed by atoms with E-state index < -0.39 is 33.4 Å². The summed E-state index contributed by atoms with van der Waals surface area (Å²) < 4.78 is 25.1. The first kappa shape index (κ1) is 23.5. The number of piperidine rings is 1. The number of carbonyl (C=O) groups is 3. The zero-order valence-electron chi connectivity index (χ0n) is 17.8. The Kier molecular flexibility index (Phi) is 7.29. The van der Waals surface area contributed by atoms with Crippen LogP contribution in [0.15, 0.2) is 48.5 Å². The minimum atomic E-state index is -3.76. The summed E-state index contributed by atoms with van der Waals surface area (Å²) in [5, 5.41) is 11.8. The van der Waals surface area contributed by atoms with E-state index in [1.54, 1.807) is 30.3 Å². The predicted octanol–water partition coefficient (Wildman–Crippen LogP) is 2.49. The first-order chi connectivity index (χ1) is 15.1. The lowest BCUT2D eigenvalue weighted by molar-refractivity contribution is -0.143. The first-order valence-electron chi connectivity index (χ1n) is 10.3. The van der Waals surface area contributed by atoms with Crippen molar-refractivity contribution in [1.82, 2.24) is 4.90 Å². The summed E-state index contributed by atoms with van der Waals surface area (Å²) in [7, 11) is -3.76. The van der Waals surface area contributed by atoms with Crippen molar-refractivity contribution in [2.75, 3.05) is 24.2 Å². The van der Waals surface area contributed by atoms with Gasteiger partial charge in [-0.3, -0.25) is 14.4 Å². The molecule has 0 saturated carbocycles. The molecule has 1 unspecified atom stereocenters. The number of sulfone groups is 1. The number of aliphatic carboxylic acids is 1. The highest BCUT2D eigenvalue weighted by atomic mass is 32.2. The monoisotopic (exact) mass is 458 g/mol. The molecule has 1 aliphatic rings. The van der Waals surface area contributed by atoms with Gasteiger partial charge in [0.1, 0.15) is 5.75 Å². The van der Waals surface area contributed by atoms with Gasteiger partial charge in [-0.05, 0) is 49.6 Å². The van der Waals surface area contributed by atoms with Crippen LogP contribution in [0.25, 0.3) is 0 Å². The highest BCUT2D eigenvalue weighted by Crippen LogP contribution is 2.20. The first-order valence-corrected chi connectivity index (χ1v) is 12.1. The van der Waals surface area contributed by atoms with Crippen molar-refractivity contribution in [3.8, 4) is 0 Å². The van der Waals surface area contributed by atoms with E-state index in [-0.39, 0.29) is 18.2 Å². The number of amides is 2. The van der Waals surface area contributed by atoms with Crippen LogP contribution < -0.4 is 5.32 Å². The molecule has 1 aliphatic heterocycles. The van der Waals surface area contributed by atoms with E-state index in [0.29, 0.717) is 36.2 Å². The van der Waals surface area contributed by atoms with Crippen molar-refractivity contribution in [3.63, 3.8) is 0 Å². The molecule has 0 aliphatic carbocycles. The Hall–Kier alpha value is -3.20. The number of carbonyl (C=O) groups excluding carboxylic acids is 2. The van der Waals surface area contributed by atoms with E-state index in [1.807, 2.05) is 19.1 Å². The fourth-order valence-electron chi connectivity index (χ4n) is 3.68. The summed E-state index contributed by atoms with van der Waals surface area (Å²) in [5.41, 5.74) is 2.23. The number of nitrogens with one attached hydrogen (secondary N) is 1. The average molecular weight is 459 g/mol. The molecule has 0 spiro atoms. The van der Waals surface area contributed by atoms with Crippen LogP contribution in [0.2, 0.25) is 0 Å². The molecule has 1 heterocycles. The molecular weight excluding hydrogens is 432 g/mol.